The second kappa shape index (κ2) is 5.02. The minimum absolute atomic E-state index is 0.482. The molecule has 2 unspecified atom stereocenters. The van der Waals surface area contributed by atoms with Gasteiger partial charge in [-0.1, -0.05) is 29.3 Å². The molecule has 1 heterocycles. The lowest BCUT2D eigenvalue weighted by Crippen LogP contribution is -2.37. The predicted molar refractivity (Wildman–Crippen MR) is 73.6 cm³/mol. The SMILES string of the molecule is Cc1cc(C)cc(CNC2CCOC2C2CC2)c1. The molecule has 1 aliphatic carbocycles. The Labute approximate surface area is 110 Å². The van der Waals surface area contributed by atoms with Crippen molar-refractivity contribution in [3.05, 3.63) is 34.9 Å². The molecule has 0 bridgehead atoms. The van der Waals surface area contributed by atoms with Crippen LogP contribution >= 0.6 is 0 Å². The van der Waals surface area contributed by atoms with Gasteiger partial charge in [0.05, 0.1) is 6.10 Å². The zero-order chi connectivity index (χ0) is 12.5. The van der Waals surface area contributed by atoms with Gasteiger partial charge < -0.3 is 10.1 Å². The summed E-state index contributed by atoms with van der Waals surface area (Å²) in [6.07, 6.45) is 4.39. The lowest BCUT2D eigenvalue weighted by atomic mass is 10.0. The van der Waals surface area contributed by atoms with Gasteiger partial charge in [-0.05, 0) is 44.6 Å². The lowest BCUT2D eigenvalue weighted by Gasteiger charge is -2.19. The van der Waals surface area contributed by atoms with E-state index in [-0.39, 0.29) is 0 Å². The van der Waals surface area contributed by atoms with Crippen molar-refractivity contribution in [3.8, 4) is 0 Å². The molecule has 0 amide bonds. The summed E-state index contributed by atoms with van der Waals surface area (Å²) >= 11 is 0. The topological polar surface area (TPSA) is 21.3 Å². The highest BCUT2D eigenvalue weighted by Crippen LogP contribution is 2.38. The van der Waals surface area contributed by atoms with E-state index >= 15 is 0 Å². The summed E-state index contributed by atoms with van der Waals surface area (Å²) in [5, 5.41) is 3.70. The van der Waals surface area contributed by atoms with Crippen molar-refractivity contribution in [3.63, 3.8) is 0 Å². The third-order valence-electron chi connectivity index (χ3n) is 4.07. The van der Waals surface area contributed by atoms with Crippen LogP contribution in [0.2, 0.25) is 0 Å². The molecule has 18 heavy (non-hydrogen) atoms. The second-order valence-electron chi connectivity index (χ2n) is 5.94. The van der Waals surface area contributed by atoms with E-state index in [1.807, 2.05) is 0 Å². The number of ether oxygens (including phenoxy) is 1. The van der Waals surface area contributed by atoms with E-state index in [1.54, 1.807) is 0 Å². The molecule has 0 aromatic heterocycles. The van der Waals surface area contributed by atoms with Crippen LogP contribution in [-0.4, -0.2) is 18.8 Å². The first-order valence-electron chi connectivity index (χ1n) is 7.14. The van der Waals surface area contributed by atoms with Gasteiger partial charge >= 0.3 is 0 Å². The zero-order valence-corrected chi connectivity index (χ0v) is 11.4. The van der Waals surface area contributed by atoms with E-state index in [2.05, 4.69) is 37.4 Å². The van der Waals surface area contributed by atoms with Crippen LogP contribution in [0.5, 0.6) is 0 Å². The van der Waals surface area contributed by atoms with Crippen LogP contribution < -0.4 is 5.32 Å². The molecular formula is C16H23NO. The van der Waals surface area contributed by atoms with Crippen LogP contribution in [0, 0.1) is 19.8 Å². The van der Waals surface area contributed by atoms with Crippen LogP contribution in [0.1, 0.15) is 36.0 Å². The van der Waals surface area contributed by atoms with Crippen molar-refractivity contribution < 1.29 is 4.74 Å². The molecule has 2 atom stereocenters. The van der Waals surface area contributed by atoms with Gasteiger partial charge in [0.1, 0.15) is 0 Å². The Kier molecular flexibility index (Phi) is 3.40. The predicted octanol–water partition coefficient (Wildman–Crippen LogP) is 2.96. The van der Waals surface area contributed by atoms with E-state index in [1.165, 1.54) is 36.0 Å². The van der Waals surface area contributed by atoms with Crippen molar-refractivity contribution >= 4 is 0 Å². The van der Waals surface area contributed by atoms with Gasteiger partial charge in [0.25, 0.3) is 0 Å². The summed E-state index contributed by atoms with van der Waals surface area (Å²) in [6.45, 7) is 6.25. The summed E-state index contributed by atoms with van der Waals surface area (Å²) in [5.74, 6) is 0.837. The Hall–Kier alpha value is -0.860. The summed E-state index contributed by atoms with van der Waals surface area (Å²) in [5.41, 5.74) is 4.11. The minimum atomic E-state index is 0.482. The van der Waals surface area contributed by atoms with Crippen LogP contribution in [0.4, 0.5) is 0 Å². The first-order valence-corrected chi connectivity index (χ1v) is 7.14. The minimum Gasteiger partial charge on any atom is -0.376 e. The molecule has 1 aromatic rings. The average molecular weight is 245 g/mol. The first-order chi connectivity index (χ1) is 8.72. The number of hydrogen-bond donors (Lipinski definition) is 1. The molecule has 2 aliphatic rings. The van der Waals surface area contributed by atoms with Crippen molar-refractivity contribution in [2.24, 2.45) is 5.92 Å². The molecular weight excluding hydrogens is 222 g/mol. The normalized spacial score (nSPS) is 27.7. The first kappa shape index (κ1) is 12.2. The van der Waals surface area contributed by atoms with Crippen molar-refractivity contribution in [1.29, 1.82) is 0 Å². The number of nitrogens with one attached hydrogen (secondary N) is 1. The molecule has 0 spiro atoms. The van der Waals surface area contributed by atoms with Crippen molar-refractivity contribution in [2.45, 2.75) is 51.8 Å². The van der Waals surface area contributed by atoms with E-state index in [9.17, 15) is 0 Å². The van der Waals surface area contributed by atoms with E-state index in [0.29, 0.717) is 12.1 Å². The van der Waals surface area contributed by atoms with Gasteiger partial charge in [-0.3, -0.25) is 0 Å². The fourth-order valence-electron chi connectivity index (χ4n) is 3.14. The molecule has 98 valence electrons. The Morgan fingerprint density at radius 3 is 2.50 bits per heavy atom. The molecule has 1 N–H and O–H groups in total. The van der Waals surface area contributed by atoms with E-state index in [0.717, 1.165) is 19.1 Å². The number of aryl methyl sites for hydroxylation is 2. The van der Waals surface area contributed by atoms with Gasteiger partial charge in [0, 0.05) is 19.2 Å². The van der Waals surface area contributed by atoms with Gasteiger partial charge in [0.15, 0.2) is 0 Å². The highest BCUT2D eigenvalue weighted by atomic mass is 16.5. The molecule has 1 saturated heterocycles. The fraction of sp³-hybridized carbons (Fsp3) is 0.625. The van der Waals surface area contributed by atoms with Gasteiger partial charge in [-0.15, -0.1) is 0 Å². The maximum Gasteiger partial charge on any atom is 0.0757 e. The summed E-state index contributed by atoms with van der Waals surface area (Å²) in [6, 6.07) is 7.36. The van der Waals surface area contributed by atoms with Crippen LogP contribution in [-0.2, 0) is 11.3 Å². The van der Waals surface area contributed by atoms with Crippen molar-refractivity contribution in [2.75, 3.05) is 6.61 Å². The average Bonchev–Trinajstić information content (AvgIpc) is 3.05. The smallest absolute Gasteiger partial charge is 0.0757 e. The standard InChI is InChI=1S/C16H23NO/c1-11-7-12(2)9-13(8-11)10-17-15-5-6-18-16(15)14-3-4-14/h7-9,14-17H,3-6,10H2,1-2H3. The van der Waals surface area contributed by atoms with E-state index in [4.69, 9.17) is 4.74 Å². The Morgan fingerprint density at radius 2 is 1.83 bits per heavy atom. The van der Waals surface area contributed by atoms with Gasteiger partial charge in [0.2, 0.25) is 0 Å². The molecule has 0 radical (unpaired) electrons. The van der Waals surface area contributed by atoms with E-state index < -0.39 is 0 Å². The Balaban J connectivity index is 1.59. The maximum atomic E-state index is 5.86. The molecule has 1 aliphatic heterocycles. The quantitative estimate of drug-likeness (QED) is 0.880. The zero-order valence-electron chi connectivity index (χ0n) is 11.4. The molecule has 2 fully saturated rings. The van der Waals surface area contributed by atoms with Crippen LogP contribution in [0.25, 0.3) is 0 Å². The van der Waals surface area contributed by atoms with Crippen LogP contribution in [0.3, 0.4) is 0 Å². The monoisotopic (exact) mass is 245 g/mol. The number of rotatable bonds is 4. The molecule has 2 heteroatoms. The molecule has 3 rings (SSSR count). The summed E-state index contributed by atoms with van der Waals surface area (Å²) < 4.78 is 5.86. The maximum absolute atomic E-state index is 5.86. The third-order valence-corrected chi connectivity index (χ3v) is 4.07. The summed E-state index contributed by atoms with van der Waals surface area (Å²) in [4.78, 5) is 0. The van der Waals surface area contributed by atoms with Gasteiger partial charge in [-0.25, -0.2) is 0 Å². The molecule has 1 saturated carbocycles. The Bertz CT molecular complexity index is 405. The molecule has 1 aromatic carbocycles. The van der Waals surface area contributed by atoms with Crippen LogP contribution in [0.15, 0.2) is 18.2 Å². The largest absolute Gasteiger partial charge is 0.376 e. The lowest BCUT2D eigenvalue weighted by molar-refractivity contribution is 0.0809. The number of hydrogen-bond acceptors (Lipinski definition) is 2. The molecule has 2 nitrogen and oxygen atoms in total. The fourth-order valence-corrected chi connectivity index (χ4v) is 3.14. The van der Waals surface area contributed by atoms with Gasteiger partial charge in [-0.2, -0.15) is 0 Å². The third kappa shape index (κ3) is 2.76. The summed E-state index contributed by atoms with van der Waals surface area (Å²) in [7, 11) is 0. The highest BCUT2D eigenvalue weighted by Gasteiger charge is 2.40. The number of benzene rings is 1. The second-order valence-corrected chi connectivity index (χ2v) is 5.94. The Morgan fingerprint density at radius 1 is 1.11 bits per heavy atom. The highest BCUT2D eigenvalue weighted by molar-refractivity contribution is 5.28. The van der Waals surface area contributed by atoms with Crippen molar-refractivity contribution in [1.82, 2.24) is 5.32 Å².